The van der Waals surface area contributed by atoms with Crippen LogP contribution in [0.25, 0.3) is 0 Å². The molecule has 6 aromatic rings. The zero-order valence-corrected chi connectivity index (χ0v) is 56.7. The molecular weight excluding hydrogens is 1430 g/mol. The zero-order chi connectivity index (χ0) is 79.0. The molecule has 0 atom stereocenters. The molecule has 1 aliphatic heterocycles. The molecular formula is C62H52N10O30S2-10. The van der Waals surface area contributed by atoms with Crippen molar-refractivity contribution in [2.45, 2.75) is 107 Å². The van der Waals surface area contributed by atoms with Gasteiger partial charge in [0, 0.05) is 82.0 Å². The summed E-state index contributed by atoms with van der Waals surface area (Å²) in [6.45, 7) is 10.5. The van der Waals surface area contributed by atoms with Crippen molar-refractivity contribution in [3.05, 3.63) is 132 Å². The number of thiophene rings is 1. The Morgan fingerprint density at radius 2 is 0.981 bits per heavy atom. The molecule has 4 fully saturated rings. The molecule has 6 aliphatic rings. The Kier molecular flexibility index (Phi) is 31.1. The van der Waals surface area contributed by atoms with E-state index in [-0.39, 0.29) is 127 Å². The number of rotatable bonds is 18. The second kappa shape index (κ2) is 38.0. The Bertz CT molecular complexity index is 3710. The SMILES string of the molecule is CC(=O)C1=CC=C(C(=O)[O-])C1.CC(=O)C1=CN=C(C(=O)[O-])C1.CC(=O)c1cc(C(=O)[O-])[nH]n1.CC(=O)c1ccc(C(=O)[O-])o1.CC(=O)c1ccc(C(=O)[O-])s1.CC(=O)c1n[nH]c(C(=O)[O-])n1.CC(=O)c1nnc(C(=O)[O-])o1.CC(=O)c1nnc(C(=O)[O-])s1.O=C([O-])C12CC3CC(C1)CC(C(=O)[O-])(C3)C2. The van der Waals surface area contributed by atoms with Crippen molar-refractivity contribution in [2.75, 3.05) is 0 Å². The van der Waals surface area contributed by atoms with Crippen molar-refractivity contribution in [1.29, 1.82) is 0 Å². The summed E-state index contributed by atoms with van der Waals surface area (Å²) < 4.78 is 8.97. The molecule has 5 aliphatic carbocycles. The van der Waals surface area contributed by atoms with E-state index in [2.05, 4.69) is 54.5 Å². The number of furan rings is 1. The van der Waals surface area contributed by atoms with Crippen molar-refractivity contribution in [3.63, 3.8) is 0 Å². The van der Waals surface area contributed by atoms with Gasteiger partial charge in [0.1, 0.15) is 35.3 Å². The van der Waals surface area contributed by atoms with Gasteiger partial charge in [-0.2, -0.15) is 5.10 Å². The van der Waals surface area contributed by atoms with Gasteiger partial charge in [-0.25, -0.2) is 4.98 Å². The Morgan fingerprint density at radius 3 is 1.26 bits per heavy atom. The summed E-state index contributed by atoms with van der Waals surface area (Å²) in [6.07, 6.45) is 8.17. The van der Waals surface area contributed by atoms with E-state index in [0.717, 1.165) is 23.8 Å². The Hall–Kier alpha value is -13.0. The van der Waals surface area contributed by atoms with E-state index in [9.17, 15) is 137 Å². The number of aliphatic carboxylic acids is 4. The van der Waals surface area contributed by atoms with Crippen LogP contribution in [0.3, 0.4) is 0 Å². The molecule has 0 radical (unpaired) electrons. The predicted octanol–water partition coefficient (Wildman–Crippen LogP) is -7.05. The average Bonchev–Trinajstić information content (AvgIpc) is 0.845. The number of nitrogens with one attached hydrogen (secondary N) is 2. The number of carbonyl (C=O) groups is 18. The van der Waals surface area contributed by atoms with Crippen molar-refractivity contribution < 1.29 is 146 Å². The first-order chi connectivity index (χ1) is 48.3. The van der Waals surface area contributed by atoms with Crippen LogP contribution in [0.15, 0.2) is 79.2 Å². The summed E-state index contributed by atoms with van der Waals surface area (Å²) in [4.78, 5) is 196. The van der Waals surface area contributed by atoms with E-state index in [1.807, 2.05) is 5.10 Å². The van der Waals surface area contributed by atoms with E-state index in [1.165, 1.54) is 98.0 Å². The fourth-order valence-corrected chi connectivity index (χ4v) is 11.0. The summed E-state index contributed by atoms with van der Waals surface area (Å²) in [5.74, 6) is -16.6. The largest absolute Gasteiger partial charge is 0.550 e. The van der Waals surface area contributed by atoms with Gasteiger partial charge in [-0.05, 0) is 113 Å². The summed E-state index contributed by atoms with van der Waals surface area (Å²) in [5.41, 5.74) is -0.771. The highest BCUT2D eigenvalue weighted by Crippen LogP contribution is 2.65. The third-order valence-electron chi connectivity index (χ3n) is 14.2. The Balaban J connectivity index is 0.000000305. The molecule has 6 aromatic heterocycles. The van der Waals surface area contributed by atoms with Crippen molar-refractivity contribution in [1.82, 2.24) is 45.8 Å². The highest BCUT2D eigenvalue weighted by Gasteiger charge is 2.58. The first kappa shape index (κ1) is 85.2. The summed E-state index contributed by atoms with van der Waals surface area (Å²) in [7, 11) is 0. The number of carboxylic acid groups (broad SMARTS) is 10. The number of hydrogen-bond donors (Lipinski definition) is 2. The normalized spacial score (nSPS) is 17.0. The van der Waals surface area contributed by atoms with Gasteiger partial charge in [-0.15, -0.1) is 36.8 Å². The Labute approximate surface area is 590 Å². The fourth-order valence-electron chi connectivity index (χ4n) is 9.70. The van der Waals surface area contributed by atoms with Crippen LogP contribution in [0, 0.1) is 22.7 Å². The minimum absolute atomic E-state index is 0.0317. The van der Waals surface area contributed by atoms with Crippen LogP contribution >= 0.6 is 22.7 Å². The van der Waals surface area contributed by atoms with Gasteiger partial charge in [-0.1, -0.05) is 23.5 Å². The first-order valence-electron chi connectivity index (χ1n) is 29.0. The maximum absolute atomic E-state index is 11.3. The number of carbonyl (C=O) groups excluding carboxylic acids is 18. The van der Waals surface area contributed by atoms with Gasteiger partial charge in [0.05, 0.1) is 45.0 Å². The monoisotopic (exact) mass is 1480 g/mol. The van der Waals surface area contributed by atoms with Gasteiger partial charge in [0.15, 0.2) is 62.1 Å². The molecule has 104 heavy (non-hydrogen) atoms. The van der Waals surface area contributed by atoms with E-state index in [0.29, 0.717) is 53.0 Å². The summed E-state index contributed by atoms with van der Waals surface area (Å²) in [6, 6.07) is 6.48. The second-order valence-electron chi connectivity index (χ2n) is 22.1. The van der Waals surface area contributed by atoms with E-state index < -0.39 is 93.8 Å². The quantitative estimate of drug-likeness (QED) is 0.0755. The number of carboxylic acids is 10. The lowest BCUT2D eigenvalue weighted by atomic mass is 9.44. The molecule has 0 amide bonds. The van der Waals surface area contributed by atoms with Crippen LogP contribution in [0.2, 0.25) is 0 Å². The van der Waals surface area contributed by atoms with E-state index in [4.69, 9.17) is 0 Å². The molecule has 0 spiro atoms. The van der Waals surface area contributed by atoms with E-state index >= 15 is 0 Å². The van der Waals surface area contributed by atoms with Crippen molar-refractivity contribution in [3.8, 4) is 0 Å². The molecule has 12 rings (SSSR count). The summed E-state index contributed by atoms with van der Waals surface area (Å²) >= 11 is 1.65. The first-order valence-corrected chi connectivity index (χ1v) is 30.7. The molecule has 552 valence electrons. The highest BCUT2D eigenvalue weighted by molar-refractivity contribution is 7.16. The van der Waals surface area contributed by atoms with Crippen LogP contribution in [-0.2, 0) is 28.8 Å². The van der Waals surface area contributed by atoms with Crippen LogP contribution in [0.1, 0.15) is 230 Å². The number of aliphatic imine (C=N–C) groups is 1. The molecule has 42 heteroatoms. The molecule has 2 N–H and O–H groups in total. The van der Waals surface area contributed by atoms with Gasteiger partial charge in [0.25, 0.3) is 11.8 Å². The highest BCUT2D eigenvalue weighted by atomic mass is 32.1. The van der Waals surface area contributed by atoms with E-state index in [1.54, 1.807) is 0 Å². The van der Waals surface area contributed by atoms with Gasteiger partial charge in [0.2, 0.25) is 11.6 Å². The molecule has 40 nitrogen and oxygen atoms in total. The van der Waals surface area contributed by atoms with Crippen LogP contribution in [0.5, 0.6) is 0 Å². The standard InChI is InChI=1S/C12H16O4.C8H8O3.C7H7NO3.C7H6O4.C7H6O3S.C6H6N2O3.C5H5N3O3.C5H4N2O4.C5H4N2O3S/c13-9(14)11-2-7-1-8(4-11)5-12(3-7,6-11)10(15)16;1-5(9)6-2-3-7(4-6)8(10)11;1-4(9)5-2-6(7(10)11)8-3-5;2*1-4(8)5-2-3-6(11-5)7(9)10;1-3(9)4-2-5(6(10)11)8-7-4;1-2(9)3-6-4(5(10)11)8-7-3;2*1-2(8)3-6-7-4(11-3)5(9)10/h7-8H,1-6H2,(H,13,14)(H,15,16);2-3H,4H2,1H3,(H,10,11);3H,2H2,1H3,(H,10,11);2*2-3H,1H3,(H,9,10);2H,1H3,(H,7,8)(H,10,11);1H3,(H,10,11)(H,6,7,8);2*1H3,(H,9,10)/p-10. The van der Waals surface area contributed by atoms with Gasteiger partial charge >= 0.3 is 0 Å². The van der Waals surface area contributed by atoms with Crippen LogP contribution in [0.4, 0.5) is 0 Å². The fraction of sp³-hybridized carbons (Fsp3) is 0.323. The van der Waals surface area contributed by atoms with Crippen LogP contribution in [-0.4, -0.2) is 157 Å². The van der Waals surface area contributed by atoms with Crippen LogP contribution < -0.4 is 51.1 Å². The minimum atomic E-state index is -1.59. The lowest BCUT2D eigenvalue weighted by Crippen LogP contribution is -2.62. The van der Waals surface area contributed by atoms with Gasteiger partial charge in [-0.3, -0.25) is 53.5 Å². The molecule has 4 bridgehead atoms. The second-order valence-corrected chi connectivity index (χ2v) is 24.2. The number of aromatic nitrogens is 9. The molecule has 7 heterocycles. The van der Waals surface area contributed by atoms with Crippen molar-refractivity contribution >= 4 is 134 Å². The number of aromatic amines is 2. The molecule has 4 saturated carbocycles. The zero-order valence-electron chi connectivity index (χ0n) is 55.1. The number of allylic oxidation sites excluding steroid dienone is 4. The Morgan fingerprint density at radius 1 is 0.442 bits per heavy atom. The predicted molar refractivity (Wildman–Crippen MR) is 320 cm³/mol. The number of H-pyrrole nitrogens is 2. The molecule has 0 saturated heterocycles. The lowest BCUT2D eigenvalue weighted by molar-refractivity contribution is -0.342. The maximum atomic E-state index is 11.3. The van der Waals surface area contributed by atoms with Crippen molar-refractivity contribution in [2.24, 2.45) is 27.7 Å². The smallest absolute Gasteiger partial charge is 0.283 e. The molecule has 0 unspecified atom stereocenters. The lowest BCUT2D eigenvalue weighted by Gasteiger charge is -2.62. The topological polar surface area (TPSA) is 698 Å². The number of Topliss-reactive ketones (excluding diaryl/α,β-unsaturated/α-hetero) is 8. The number of ketones is 8. The number of aromatic carboxylic acids is 6. The minimum Gasteiger partial charge on any atom is -0.550 e. The number of nitrogens with zero attached hydrogens (tertiary/aromatic N) is 8. The summed E-state index contributed by atoms with van der Waals surface area (Å²) in [5, 5.41) is 127. The maximum Gasteiger partial charge on any atom is 0.283 e. The third-order valence-corrected chi connectivity index (χ3v) is 16.4. The average molecular weight is 1480 g/mol. The molecule has 0 aromatic carbocycles. The third kappa shape index (κ3) is 25.3. The van der Waals surface area contributed by atoms with Gasteiger partial charge < -0.3 is 108 Å². The number of hydrogen-bond acceptors (Lipinski definition) is 40.